The van der Waals surface area contributed by atoms with E-state index in [0.29, 0.717) is 43.7 Å². The third kappa shape index (κ3) is 16.5. The van der Waals surface area contributed by atoms with Crippen LogP contribution in [0.15, 0.2) is 54.6 Å². The highest BCUT2D eigenvalue weighted by atomic mass is 16.6. The summed E-state index contributed by atoms with van der Waals surface area (Å²) < 4.78 is 44.9. The van der Waals surface area contributed by atoms with Crippen LogP contribution in [0.2, 0.25) is 0 Å². The Balaban J connectivity index is 0.000000348. The number of aryl methyl sites for hydroxylation is 8. The molecule has 77 heavy (non-hydrogen) atoms. The number of epoxide rings is 4. The van der Waals surface area contributed by atoms with Crippen molar-refractivity contribution in [2.24, 2.45) is 0 Å². The number of ether oxygens (including phenoxy) is 8. The van der Waals surface area contributed by atoms with Crippen LogP contribution in [-0.2, 0) is 18.9 Å². The number of benzene rings is 5. The van der Waals surface area contributed by atoms with E-state index in [9.17, 15) is 5.26 Å². The standard InChI is InChI=1S/C19H19NO2.C15H19NO2.C14H17NO2.C13H15NO2.4H2O/c1-12-9-13(2)18(14(3)16(12)10-20)21-11-17-19(22-17)15-7-5-4-6-8-15;1-9-6-10(2)14(11(3)12(9)7-16)17-8-13-15(4,5)18-13;1-8-5-9(2)14(10(3)12(8)6-15)16-7-13-11(4)17-13;1-8-4-9(2)13(10(3)12(8)5-14)16-7-11-6-15-11;;;;/h4-9,17,19H,11H2,1-3H3;6,13H,8H2,1-5H3;5,11,13H,7H2,1-4H3;4,11H,6-7H2,1-3H3;4*1H2. The molecule has 0 radical (unpaired) electrons. The predicted molar refractivity (Wildman–Crippen MR) is 295 cm³/mol. The molecule has 6 atom stereocenters. The molecule has 0 aromatic heterocycles. The zero-order chi connectivity index (χ0) is 53.5. The molecule has 0 bridgehead atoms. The van der Waals surface area contributed by atoms with Crippen LogP contribution in [0, 0.1) is 128 Å². The second-order valence-electron chi connectivity index (χ2n) is 20.1. The number of hydrogen-bond donors (Lipinski definition) is 0. The minimum atomic E-state index is -0.0649. The summed E-state index contributed by atoms with van der Waals surface area (Å²) in [4.78, 5) is 0. The molecule has 16 nitrogen and oxygen atoms in total. The van der Waals surface area contributed by atoms with Crippen LogP contribution in [0.4, 0.5) is 0 Å². The summed E-state index contributed by atoms with van der Waals surface area (Å²) >= 11 is 0. The molecule has 0 aliphatic carbocycles. The van der Waals surface area contributed by atoms with E-state index in [-0.39, 0.29) is 58.0 Å². The highest BCUT2D eigenvalue weighted by molar-refractivity contribution is 5.57. The lowest BCUT2D eigenvalue weighted by Gasteiger charge is -2.14. The van der Waals surface area contributed by atoms with E-state index in [0.717, 1.165) is 107 Å². The molecule has 0 spiro atoms. The van der Waals surface area contributed by atoms with Crippen molar-refractivity contribution in [3.8, 4) is 47.3 Å². The number of nitriles is 4. The summed E-state index contributed by atoms with van der Waals surface area (Å²) in [5.74, 6) is 3.29. The largest absolute Gasteiger partial charge is 0.490 e. The molecular weight excluding hydrogens is 981 g/mol. The van der Waals surface area contributed by atoms with E-state index >= 15 is 0 Å². The monoisotopic (exact) mass is 1060 g/mol. The van der Waals surface area contributed by atoms with Crippen molar-refractivity contribution in [2.45, 2.75) is 146 Å². The van der Waals surface area contributed by atoms with E-state index in [4.69, 9.17) is 53.7 Å². The minimum absolute atomic E-state index is 0. The molecule has 6 unspecified atom stereocenters. The van der Waals surface area contributed by atoms with Gasteiger partial charge in [0.05, 0.1) is 64.8 Å². The third-order valence-corrected chi connectivity index (χ3v) is 13.7. The van der Waals surface area contributed by atoms with Gasteiger partial charge in [-0.3, -0.25) is 0 Å². The van der Waals surface area contributed by atoms with Crippen LogP contribution in [0.5, 0.6) is 23.0 Å². The SMILES string of the molecule is Cc1cc(C)c(OCC2CO2)c(C)c1C#N.Cc1cc(C)c(OCC2OC2(C)C)c(C)c1C#N.Cc1cc(C)c(OCC2OC2C)c(C)c1C#N.Cc1cc(C)c(OCC2OC2c2ccccc2)c(C)c1C#N.O.O.O.O. The van der Waals surface area contributed by atoms with Gasteiger partial charge in [0.25, 0.3) is 0 Å². The van der Waals surface area contributed by atoms with Gasteiger partial charge in [-0.05, 0) is 154 Å². The Morgan fingerprint density at radius 2 is 0.792 bits per heavy atom. The fourth-order valence-corrected chi connectivity index (χ4v) is 9.26. The molecule has 0 amide bonds. The van der Waals surface area contributed by atoms with Gasteiger partial charge in [-0.1, -0.05) is 54.6 Å². The Kier molecular flexibility index (Phi) is 24.3. The Morgan fingerprint density at radius 1 is 0.481 bits per heavy atom. The zero-order valence-electron chi connectivity index (χ0n) is 47.3. The number of rotatable bonds is 13. The Hall–Kier alpha value is -7.06. The van der Waals surface area contributed by atoms with Gasteiger partial charge in [-0.15, -0.1) is 0 Å². The summed E-state index contributed by atoms with van der Waals surface area (Å²) in [6.07, 6.45) is 1.13. The maximum Gasteiger partial charge on any atom is 0.126 e. The van der Waals surface area contributed by atoms with Crippen molar-refractivity contribution in [2.75, 3.05) is 33.0 Å². The van der Waals surface area contributed by atoms with Gasteiger partial charge in [-0.25, -0.2) is 0 Å². The quantitative estimate of drug-likeness (QED) is 0.100. The normalized spacial score (nSPS) is 18.9. The van der Waals surface area contributed by atoms with Crippen molar-refractivity contribution in [1.29, 1.82) is 21.0 Å². The molecule has 16 heteroatoms. The van der Waals surface area contributed by atoms with E-state index in [1.54, 1.807) is 0 Å². The van der Waals surface area contributed by atoms with Crippen LogP contribution in [0.1, 0.15) is 121 Å². The summed E-state index contributed by atoms with van der Waals surface area (Å²) in [6.45, 7) is 32.7. The molecule has 4 heterocycles. The Bertz CT molecular complexity index is 3020. The lowest BCUT2D eigenvalue weighted by atomic mass is 9.99. The molecule has 5 aromatic carbocycles. The van der Waals surface area contributed by atoms with Crippen LogP contribution < -0.4 is 18.9 Å². The molecule has 5 aromatic rings. The van der Waals surface area contributed by atoms with Crippen LogP contribution in [0.3, 0.4) is 0 Å². The number of nitrogens with zero attached hydrogens (tertiary/aromatic N) is 4. The van der Waals surface area contributed by atoms with Crippen molar-refractivity contribution >= 4 is 0 Å². The average Bonchev–Trinajstić information content (AvgIpc) is 4.16. The molecular formula is C61H78N4O12. The van der Waals surface area contributed by atoms with Gasteiger partial charge < -0.3 is 59.8 Å². The summed E-state index contributed by atoms with van der Waals surface area (Å²) in [7, 11) is 0. The van der Waals surface area contributed by atoms with Gasteiger partial charge in [0, 0.05) is 22.3 Å². The van der Waals surface area contributed by atoms with Gasteiger partial charge in [0.2, 0.25) is 0 Å². The molecule has 4 saturated heterocycles. The molecule has 8 N–H and O–H groups in total. The first-order chi connectivity index (χ1) is 34.6. The van der Waals surface area contributed by atoms with E-state index in [2.05, 4.69) is 50.3 Å². The maximum atomic E-state index is 9.26. The van der Waals surface area contributed by atoms with Gasteiger partial charge in [0.15, 0.2) is 0 Å². The van der Waals surface area contributed by atoms with Crippen LogP contribution in [-0.4, -0.2) is 91.1 Å². The van der Waals surface area contributed by atoms with Crippen LogP contribution >= 0.6 is 0 Å². The first-order valence-corrected chi connectivity index (χ1v) is 24.9. The Labute approximate surface area is 454 Å². The topological polar surface area (TPSA) is 308 Å². The lowest BCUT2D eigenvalue weighted by molar-refractivity contribution is 0.252. The first-order valence-electron chi connectivity index (χ1n) is 24.9. The highest BCUT2D eigenvalue weighted by Gasteiger charge is 2.48. The average molecular weight is 1060 g/mol. The van der Waals surface area contributed by atoms with Crippen molar-refractivity contribution in [3.05, 3.63) is 149 Å². The Morgan fingerprint density at radius 3 is 1.09 bits per heavy atom. The molecule has 4 aliphatic rings. The lowest BCUT2D eigenvalue weighted by Crippen LogP contribution is -2.13. The van der Waals surface area contributed by atoms with Crippen molar-refractivity contribution in [1.82, 2.24) is 0 Å². The van der Waals surface area contributed by atoms with Crippen LogP contribution in [0.25, 0.3) is 0 Å². The fourth-order valence-electron chi connectivity index (χ4n) is 9.26. The highest BCUT2D eigenvalue weighted by Crippen LogP contribution is 2.40. The predicted octanol–water partition coefficient (Wildman–Crippen LogP) is 8.65. The minimum Gasteiger partial charge on any atom is -0.490 e. The molecule has 0 saturated carbocycles. The smallest absolute Gasteiger partial charge is 0.126 e. The fraction of sp³-hybridized carbons (Fsp3) is 0.443. The maximum absolute atomic E-state index is 9.26. The zero-order valence-corrected chi connectivity index (χ0v) is 47.3. The summed E-state index contributed by atoms with van der Waals surface area (Å²) in [5, 5.41) is 36.6. The van der Waals surface area contributed by atoms with Gasteiger partial charge in [0.1, 0.15) is 79.9 Å². The molecule has 4 aliphatic heterocycles. The molecule has 414 valence electrons. The van der Waals surface area contributed by atoms with E-state index in [1.165, 1.54) is 5.56 Å². The second-order valence-corrected chi connectivity index (χ2v) is 20.1. The van der Waals surface area contributed by atoms with Gasteiger partial charge in [-0.2, -0.15) is 21.0 Å². The van der Waals surface area contributed by atoms with Crippen molar-refractivity contribution in [3.63, 3.8) is 0 Å². The van der Waals surface area contributed by atoms with Crippen molar-refractivity contribution < 1.29 is 59.8 Å². The second kappa shape index (κ2) is 28.4. The third-order valence-electron chi connectivity index (χ3n) is 13.7. The molecule has 4 fully saturated rings. The first kappa shape index (κ1) is 66.1. The summed E-state index contributed by atoms with van der Waals surface area (Å²) in [5.41, 5.74) is 16.0. The van der Waals surface area contributed by atoms with Gasteiger partial charge >= 0.3 is 0 Å². The van der Waals surface area contributed by atoms with E-state index < -0.39 is 0 Å². The molecule has 9 rings (SSSR count). The van der Waals surface area contributed by atoms with E-state index in [1.807, 2.05) is 132 Å². The summed E-state index contributed by atoms with van der Waals surface area (Å²) in [6, 6.07) is 27.1. The number of hydrogen-bond acceptors (Lipinski definition) is 12.